The van der Waals surface area contributed by atoms with Gasteiger partial charge in [-0.05, 0) is 42.3 Å². The van der Waals surface area contributed by atoms with Crippen LogP contribution in [-0.4, -0.2) is 44.0 Å². The van der Waals surface area contributed by atoms with Gasteiger partial charge in [-0.25, -0.2) is 8.42 Å². The van der Waals surface area contributed by atoms with E-state index < -0.39 is 15.7 Å². The van der Waals surface area contributed by atoms with Crippen molar-refractivity contribution in [3.8, 4) is 17.6 Å². The summed E-state index contributed by atoms with van der Waals surface area (Å²) in [4.78, 5) is 12.3. The van der Waals surface area contributed by atoms with Crippen molar-refractivity contribution in [2.45, 2.75) is 11.3 Å². The van der Waals surface area contributed by atoms with Crippen LogP contribution >= 0.6 is 11.3 Å². The van der Waals surface area contributed by atoms with Crippen LogP contribution in [0.5, 0.6) is 11.5 Å². The first-order valence-electron chi connectivity index (χ1n) is 9.64. The number of para-hydroxylation sites is 1. The Kier molecular flexibility index (Phi) is 7.76. The molecule has 1 aromatic heterocycles. The lowest BCUT2D eigenvalue weighted by molar-refractivity contribution is -0.112. The van der Waals surface area contributed by atoms with Crippen LogP contribution in [0.4, 0.5) is 5.13 Å². The van der Waals surface area contributed by atoms with E-state index in [2.05, 4.69) is 15.5 Å². The van der Waals surface area contributed by atoms with Gasteiger partial charge in [-0.3, -0.25) is 10.1 Å². The zero-order valence-corrected chi connectivity index (χ0v) is 19.4. The molecule has 0 saturated heterocycles. The van der Waals surface area contributed by atoms with Crippen molar-refractivity contribution < 1.29 is 22.7 Å². The standard InChI is InChI=1S/C22H20N4O5S2/c1-15-5-3-4-6-19(15)31-12-11-30-18-9-7-16(8-10-18)13-17(14-23)20(27)24-21-25-26-22(32-21)33(2,28)29/h3-10,13H,11-12H2,1-2H3,(H,24,25,27). The molecule has 0 unspecified atom stereocenters. The molecule has 3 rings (SSSR count). The van der Waals surface area contributed by atoms with Gasteiger partial charge in [0.05, 0.1) is 0 Å². The number of rotatable bonds is 9. The Hall–Kier alpha value is -3.75. The van der Waals surface area contributed by atoms with E-state index in [4.69, 9.17) is 9.47 Å². The highest BCUT2D eigenvalue weighted by Gasteiger charge is 2.17. The minimum absolute atomic E-state index is 0.0155. The molecule has 0 aliphatic rings. The van der Waals surface area contributed by atoms with Gasteiger partial charge in [-0.15, -0.1) is 10.2 Å². The third-order valence-electron chi connectivity index (χ3n) is 4.20. The quantitative estimate of drug-likeness (QED) is 0.212. The van der Waals surface area contributed by atoms with Crippen LogP contribution in [0.2, 0.25) is 0 Å². The van der Waals surface area contributed by atoms with Crippen molar-refractivity contribution >= 4 is 38.3 Å². The van der Waals surface area contributed by atoms with E-state index in [1.807, 2.05) is 37.3 Å². The Morgan fingerprint density at radius 2 is 1.82 bits per heavy atom. The van der Waals surface area contributed by atoms with Crippen LogP contribution in [0.3, 0.4) is 0 Å². The number of nitrogens with zero attached hydrogens (tertiary/aromatic N) is 3. The van der Waals surface area contributed by atoms with Gasteiger partial charge in [0.25, 0.3) is 5.91 Å². The average Bonchev–Trinajstić information content (AvgIpc) is 3.26. The zero-order valence-electron chi connectivity index (χ0n) is 17.8. The Balaban J connectivity index is 1.55. The number of aryl methyl sites for hydroxylation is 1. The molecule has 1 heterocycles. The van der Waals surface area contributed by atoms with E-state index in [0.29, 0.717) is 35.9 Å². The van der Waals surface area contributed by atoms with Crippen molar-refractivity contribution in [3.05, 3.63) is 65.2 Å². The monoisotopic (exact) mass is 484 g/mol. The summed E-state index contributed by atoms with van der Waals surface area (Å²) in [5.74, 6) is 0.706. The first-order valence-corrected chi connectivity index (χ1v) is 12.3. The van der Waals surface area contributed by atoms with E-state index in [1.54, 1.807) is 24.3 Å². The van der Waals surface area contributed by atoms with Crippen molar-refractivity contribution in [2.75, 3.05) is 24.8 Å². The van der Waals surface area contributed by atoms with Crippen LogP contribution in [0.25, 0.3) is 6.08 Å². The third-order valence-corrected chi connectivity index (χ3v) is 6.71. The number of anilines is 1. The van der Waals surface area contributed by atoms with Gasteiger partial charge in [0, 0.05) is 6.26 Å². The van der Waals surface area contributed by atoms with Crippen LogP contribution in [-0.2, 0) is 14.6 Å². The minimum Gasteiger partial charge on any atom is -0.490 e. The predicted octanol–water partition coefficient (Wildman–Crippen LogP) is 3.25. The van der Waals surface area contributed by atoms with Crippen molar-refractivity contribution in [1.29, 1.82) is 5.26 Å². The molecule has 11 heteroatoms. The van der Waals surface area contributed by atoms with Crippen LogP contribution < -0.4 is 14.8 Å². The molecule has 170 valence electrons. The van der Waals surface area contributed by atoms with E-state index in [0.717, 1.165) is 17.6 Å². The number of sulfone groups is 1. The van der Waals surface area contributed by atoms with Gasteiger partial charge in [0.1, 0.15) is 36.4 Å². The van der Waals surface area contributed by atoms with E-state index in [-0.39, 0.29) is 15.0 Å². The molecule has 0 bridgehead atoms. The molecule has 0 saturated carbocycles. The molecule has 0 radical (unpaired) electrons. The first kappa shape index (κ1) is 23.9. The molecule has 3 aromatic rings. The SMILES string of the molecule is Cc1ccccc1OCCOc1ccc(C=C(C#N)C(=O)Nc2nnc(S(C)(=O)=O)s2)cc1. The van der Waals surface area contributed by atoms with Gasteiger partial charge >= 0.3 is 0 Å². The van der Waals surface area contributed by atoms with Gasteiger partial charge in [0.2, 0.25) is 19.3 Å². The summed E-state index contributed by atoms with van der Waals surface area (Å²) in [5.41, 5.74) is 1.48. The Bertz CT molecular complexity index is 1310. The summed E-state index contributed by atoms with van der Waals surface area (Å²) in [6.45, 7) is 2.71. The number of ether oxygens (including phenoxy) is 2. The Morgan fingerprint density at radius 1 is 1.12 bits per heavy atom. The second kappa shape index (κ2) is 10.7. The number of carbonyl (C=O) groups excluding carboxylic acids is 1. The molecule has 0 atom stereocenters. The van der Waals surface area contributed by atoms with Gasteiger partial charge in [-0.2, -0.15) is 5.26 Å². The van der Waals surface area contributed by atoms with Gasteiger partial charge in [0.15, 0.2) is 0 Å². The smallest absolute Gasteiger partial charge is 0.268 e. The third kappa shape index (κ3) is 6.86. The lowest BCUT2D eigenvalue weighted by Gasteiger charge is -2.10. The summed E-state index contributed by atoms with van der Waals surface area (Å²) in [5, 5.41) is 18.8. The molecular formula is C22H20N4O5S2. The maximum Gasteiger partial charge on any atom is 0.268 e. The molecule has 33 heavy (non-hydrogen) atoms. The number of aromatic nitrogens is 2. The molecule has 0 aliphatic heterocycles. The maximum atomic E-state index is 12.3. The highest BCUT2D eigenvalue weighted by Crippen LogP contribution is 2.21. The highest BCUT2D eigenvalue weighted by atomic mass is 32.2. The van der Waals surface area contributed by atoms with Gasteiger partial charge in [-0.1, -0.05) is 41.7 Å². The van der Waals surface area contributed by atoms with Crippen LogP contribution in [0.15, 0.2) is 58.4 Å². The molecule has 2 aromatic carbocycles. The molecule has 1 amide bonds. The van der Waals surface area contributed by atoms with Crippen molar-refractivity contribution in [1.82, 2.24) is 10.2 Å². The minimum atomic E-state index is -3.53. The number of carbonyl (C=O) groups is 1. The number of nitrogens with one attached hydrogen (secondary N) is 1. The lowest BCUT2D eigenvalue weighted by atomic mass is 10.1. The lowest BCUT2D eigenvalue weighted by Crippen LogP contribution is -2.13. The molecule has 0 fully saturated rings. The zero-order chi connectivity index (χ0) is 23.8. The summed E-state index contributed by atoms with van der Waals surface area (Å²) in [6.07, 6.45) is 2.39. The molecule has 1 N–H and O–H groups in total. The normalized spacial score (nSPS) is 11.5. The number of hydrogen-bond acceptors (Lipinski definition) is 9. The fourth-order valence-corrected chi connectivity index (χ4v) is 4.08. The van der Waals surface area contributed by atoms with E-state index in [1.165, 1.54) is 6.08 Å². The van der Waals surface area contributed by atoms with E-state index in [9.17, 15) is 18.5 Å². The molecule has 0 aliphatic carbocycles. The summed E-state index contributed by atoms with van der Waals surface area (Å²) < 4.78 is 34.1. The average molecular weight is 485 g/mol. The Labute approximate surface area is 195 Å². The number of hydrogen-bond donors (Lipinski definition) is 1. The molecule has 9 nitrogen and oxygen atoms in total. The van der Waals surface area contributed by atoms with Crippen molar-refractivity contribution in [2.24, 2.45) is 0 Å². The molecule has 0 spiro atoms. The topological polar surface area (TPSA) is 131 Å². The molecular weight excluding hydrogens is 464 g/mol. The number of benzene rings is 2. The highest BCUT2D eigenvalue weighted by molar-refractivity contribution is 7.92. The van der Waals surface area contributed by atoms with Crippen LogP contribution in [0, 0.1) is 18.3 Å². The van der Waals surface area contributed by atoms with Crippen LogP contribution in [0.1, 0.15) is 11.1 Å². The Morgan fingerprint density at radius 3 is 2.45 bits per heavy atom. The summed E-state index contributed by atoms with van der Waals surface area (Å²) in [6, 6.07) is 16.4. The van der Waals surface area contributed by atoms with Crippen molar-refractivity contribution in [3.63, 3.8) is 0 Å². The summed E-state index contributed by atoms with van der Waals surface area (Å²) >= 11 is 0.707. The fraction of sp³-hybridized carbons (Fsp3) is 0.182. The second-order valence-electron chi connectivity index (χ2n) is 6.80. The van der Waals surface area contributed by atoms with Gasteiger partial charge < -0.3 is 9.47 Å². The fourth-order valence-electron chi connectivity index (χ4n) is 2.58. The largest absolute Gasteiger partial charge is 0.490 e. The second-order valence-corrected chi connectivity index (χ2v) is 9.97. The predicted molar refractivity (Wildman–Crippen MR) is 124 cm³/mol. The number of amides is 1. The van der Waals surface area contributed by atoms with E-state index >= 15 is 0 Å². The number of nitriles is 1. The maximum absolute atomic E-state index is 12.3. The summed E-state index contributed by atoms with van der Waals surface area (Å²) in [7, 11) is -3.53. The first-order chi connectivity index (χ1) is 15.8.